The lowest BCUT2D eigenvalue weighted by molar-refractivity contribution is -0.138. The van der Waals surface area contributed by atoms with E-state index >= 15 is 0 Å². The van der Waals surface area contributed by atoms with Crippen molar-refractivity contribution < 1.29 is 4.79 Å². The minimum absolute atomic E-state index is 0.340. The van der Waals surface area contributed by atoms with Crippen LogP contribution in [0.1, 0.15) is 37.1 Å². The fraction of sp³-hybridized carbons (Fsp3) is 0.692. The summed E-state index contributed by atoms with van der Waals surface area (Å²) in [4.78, 5) is 18.7. The number of carbonyl (C=O) groups is 1. The minimum atomic E-state index is 0.340. The van der Waals surface area contributed by atoms with Gasteiger partial charge in [0.15, 0.2) is 0 Å². The van der Waals surface area contributed by atoms with Crippen molar-refractivity contribution in [2.24, 2.45) is 5.92 Å². The van der Waals surface area contributed by atoms with Crippen molar-refractivity contribution in [1.29, 1.82) is 0 Å². The summed E-state index contributed by atoms with van der Waals surface area (Å²) in [5.74, 6) is 0.752. The lowest BCUT2D eigenvalue weighted by Crippen LogP contribution is -2.41. The highest BCUT2D eigenvalue weighted by Gasteiger charge is 2.37. The molecule has 3 nitrogen and oxygen atoms in total. The van der Waals surface area contributed by atoms with Gasteiger partial charge in [0.1, 0.15) is 0 Å². The number of hydrogen-bond acceptors (Lipinski definition) is 3. The van der Waals surface area contributed by atoms with Crippen LogP contribution in [0.3, 0.4) is 0 Å². The molecule has 0 atom stereocenters. The first kappa shape index (κ1) is 11.2. The number of hydrogen-bond donors (Lipinski definition) is 0. The van der Waals surface area contributed by atoms with Crippen molar-refractivity contribution in [2.75, 3.05) is 6.54 Å². The van der Waals surface area contributed by atoms with Crippen LogP contribution in [-0.4, -0.2) is 28.4 Å². The molecule has 3 rings (SSSR count). The molecule has 2 fully saturated rings. The van der Waals surface area contributed by atoms with Gasteiger partial charge in [-0.25, -0.2) is 4.98 Å². The smallest absolute Gasteiger partial charge is 0.225 e. The molecule has 0 aromatic carbocycles. The standard InChI is InChI=1S/C13H18N2OS/c16-13(10-2-1-3-10)15(11-4-5-11)8-6-12-14-7-9-17-12/h7,9-11H,1-6,8H2. The monoisotopic (exact) mass is 250 g/mol. The summed E-state index contributed by atoms with van der Waals surface area (Å²) in [5, 5.41) is 3.15. The minimum Gasteiger partial charge on any atom is -0.339 e. The molecule has 2 aliphatic carbocycles. The first-order chi connectivity index (χ1) is 8.34. The number of amides is 1. The van der Waals surface area contributed by atoms with Gasteiger partial charge in [-0.1, -0.05) is 6.42 Å². The van der Waals surface area contributed by atoms with Gasteiger partial charge in [0, 0.05) is 36.5 Å². The Kier molecular flexibility index (Phi) is 3.14. The van der Waals surface area contributed by atoms with E-state index in [0.29, 0.717) is 17.9 Å². The number of nitrogens with zero attached hydrogens (tertiary/aromatic N) is 2. The fourth-order valence-corrected chi connectivity index (χ4v) is 2.95. The number of aromatic nitrogens is 1. The largest absolute Gasteiger partial charge is 0.339 e. The molecule has 0 bridgehead atoms. The molecule has 0 unspecified atom stereocenters. The maximum atomic E-state index is 12.3. The normalized spacial score (nSPS) is 20.0. The van der Waals surface area contributed by atoms with Gasteiger partial charge in [-0.05, 0) is 25.7 Å². The third kappa shape index (κ3) is 2.51. The summed E-state index contributed by atoms with van der Waals surface area (Å²) in [5.41, 5.74) is 0. The quantitative estimate of drug-likeness (QED) is 0.804. The van der Waals surface area contributed by atoms with E-state index in [-0.39, 0.29) is 0 Å². The van der Waals surface area contributed by atoms with Crippen LogP contribution in [0.5, 0.6) is 0 Å². The lowest BCUT2D eigenvalue weighted by atomic mass is 9.84. The number of thiazole rings is 1. The van der Waals surface area contributed by atoms with Gasteiger partial charge in [-0.2, -0.15) is 0 Å². The zero-order valence-electron chi connectivity index (χ0n) is 9.97. The maximum absolute atomic E-state index is 12.3. The maximum Gasteiger partial charge on any atom is 0.225 e. The number of carbonyl (C=O) groups excluding carboxylic acids is 1. The Bertz CT molecular complexity index is 382. The predicted octanol–water partition coefficient (Wildman–Crippen LogP) is 2.48. The average molecular weight is 250 g/mol. The summed E-state index contributed by atoms with van der Waals surface area (Å²) < 4.78 is 0. The highest BCUT2D eigenvalue weighted by atomic mass is 32.1. The van der Waals surface area contributed by atoms with Crippen LogP contribution in [0.4, 0.5) is 0 Å². The van der Waals surface area contributed by atoms with E-state index in [1.165, 1.54) is 19.3 Å². The van der Waals surface area contributed by atoms with E-state index in [1.807, 2.05) is 11.6 Å². The van der Waals surface area contributed by atoms with Crippen LogP contribution < -0.4 is 0 Å². The summed E-state index contributed by atoms with van der Waals surface area (Å²) >= 11 is 1.69. The van der Waals surface area contributed by atoms with Gasteiger partial charge in [0.25, 0.3) is 0 Å². The van der Waals surface area contributed by atoms with Gasteiger partial charge >= 0.3 is 0 Å². The molecule has 1 aromatic rings. The van der Waals surface area contributed by atoms with Crippen molar-refractivity contribution in [1.82, 2.24) is 9.88 Å². The fourth-order valence-electron chi connectivity index (χ4n) is 2.34. The summed E-state index contributed by atoms with van der Waals surface area (Å²) in [7, 11) is 0. The van der Waals surface area contributed by atoms with Gasteiger partial charge in [0.2, 0.25) is 5.91 Å². The van der Waals surface area contributed by atoms with Gasteiger partial charge < -0.3 is 4.90 Å². The Labute approximate surface area is 106 Å². The molecule has 0 spiro atoms. The Hall–Kier alpha value is -0.900. The molecule has 1 heterocycles. The highest BCUT2D eigenvalue weighted by molar-refractivity contribution is 7.09. The summed E-state index contributed by atoms with van der Waals surface area (Å²) in [6.45, 7) is 0.869. The molecule has 0 aliphatic heterocycles. The Balaban J connectivity index is 1.57. The second kappa shape index (κ2) is 4.77. The molecule has 2 saturated carbocycles. The van der Waals surface area contributed by atoms with Crippen LogP contribution in [0, 0.1) is 5.92 Å². The third-order valence-electron chi connectivity index (χ3n) is 3.78. The van der Waals surface area contributed by atoms with Crippen LogP contribution in [0.2, 0.25) is 0 Å². The molecule has 1 amide bonds. The van der Waals surface area contributed by atoms with Crippen molar-refractivity contribution in [3.8, 4) is 0 Å². The van der Waals surface area contributed by atoms with E-state index in [0.717, 1.165) is 30.8 Å². The average Bonchev–Trinajstić information content (AvgIpc) is 2.92. The van der Waals surface area contributed by atoms with Gasteiger partial charge in [-0.15, -0.1) is 11.3 Å². The Morgan fingerprint density at radius 1 is 1.41 bits per heavy atom. The van der Waals surface area contributed by atoms with E-state index in [9.17, 15) is 4.79 Å². The van der Waals surface area contributed by atoms with Crippen molar-refractivity contribution >= 4 is 17.2 Å². The SMILES string of the molecule is O=C(C1CCC1)N(CCc1nccs1)C1CC1. The van der Waals surface area contributed by atoms with Crippen LogP contribution in [-0.2, 0) is 11.2 Å². The summed E-state index contributed by atoms with van der Waals surface area (Å²) in [6, 6.07) is 0.545. The summed E-state index contributed by atoms with van der Waals surface area (Å²) in [6.07, 6.45) is 8.63. The van der Waals surface area contributed by atoms with E-state index in [2.05, 4.69) is 9.88 Å². The Morgan fingerprint density at radius 2 is 2.24 bits per heavy atom. The molecular weight excluding hydrogens is 232 g/mol. The number of rotatable bonds is 5. The molecular formula is C13H18N2OS. The third-order valence-corrected chi connectivity index (χ3v) is 4.61. The second-order valence-electron chi connectivity index (χ2n) is 5.07. The van der Waals surface area contributed by atoms with Crippen molar-refractivity contribution in [3.63, 3.8) is 0 Å². The topological polar surface area (TPSA) is 33.2 Å². The zero-order valence-corrected chi connectivity index (χ0v) is 10.8. The van der Waals surface area contributed by atoms with Gasteiger partial charge in [-0.3, -0.25) is 4.79 Å². The van der Waals surface area contributed by atoms with Crippen molar-refractivity contribution in [2.45, 2.75) is 44.6 Å². The molecule has 2 aliphatic rings. The van der Waals surface area contributed by atoms with E-state index in [4.69, 9.17) is 0 Å². The van der Waals surface area contributed by atoms with E-state index in [1.54, 1.807) is 11.3 Å². The lowest BCUT2D eigenvalue weighted by Gasteiger charge is -2.31. The molecule has 17 heavy (non-hydrogen) atoms. The highest BCUT2D eigenvalue weighted by Crippen LogP contribution is 2.34. The van der Waals surface area contributed by atoms with Crippen LogP contribution in [0.15, 0.2) is 11.6 Å². The van der Waals surface area contributed by atoms with Crippen molar-refractivity contribution in [3.05, 3.63) is 16.6 Å². The molecule has 4 heteroatoms. The predicted molar refractivity (Wildman–Crippen MR) is 67.9 cm³/mol. The van der Waals surface area contributed by atoms with E-state index < -0.39 is 0 Å². The molecule has 0 N–H and O–H groups in total. The first-order valence-electron chi connectivity index (χ1n) is 6.53. The second-order valence-corrected chi connectivity index (χ2v) is 6.05. The molecule has 0 saturated heterocycles. The Morgan fingerprint density at radius 3 is 2.76 bits per heavy atom. The molecule has 1 aromatic heterocycles. The van der Waals surface area contributed by atoms with Crippen LogP contribution in [0.25, 0.3) is 0 Å². The van der Waals surface area contributed by atoms with Crippen LogP contribution >= 0.6 is 11.3 Å². The zero-order chi connectivity index (χ0) is 11.7. The van der Waals surface area contributed by atoms with Gasteiger partial charge in [0.05, 0.1) is 5.01 Å². The molecule has 92 valence electrons. The first-order valence-corrected chi connectivity index (χ1v) is 7.41. The molecule has 0 radical (unpaired) electrons.